The Labute approximate surface area is 175 Å². The fourth-order valence-corrected chi connectivity index (χ4v) is 3.26. The molecule has 162 valence electrons. The van der Waals surface area contributed by atoms with Gasteiger partial charge in [0, 0.05) is 44.6 Å². The average molecular weight is 432 g/mol. The van der Waals surface area contributed by atoms with Crippen LogP contribution < -0.4 is 15.0 Å². The molecular formula is C20H19F3N6O2. The first-order valence-electron chi connectivity index (χ1n) is 9.50. The predicted octanol–water partition coefficient (Wildman–Crippen LogP) is 3.52. The van der Waals surface area contributed by atoms with Crippen LogP contribution in [-0.4, -0.2) is 58.0 Å². The molecule has 1 aliphatic rings. The molecule has 0 unspecified atom stereocenters. The summed E-state index contributed by atoms with van der Waals surface area (Å²) < 4.78 is 43.6. The molecule has 0 radical (unpaired) electrons. The molecule has 1 aliphatic heterocycles. The van der Waals surface area contributed by atoms with E-state index >= 15 is 0 Å². The van der Waals surface area contributed by atoms with Crippen molar-refractivity contribution in [2.45, 2.75) is 6.36 Å². The van der Waals surface area contributed by atoms with Gasteiger partial charge in [-0.2, -0.15) is 0 Å². The molecule has 1 aromatic carbocycles. The van der Waals surface area contributed by atoms with Crippen LogP contribution in [0.3, 0.4) is 0 Å². The number of nitrogens with zero attached hydrogens (tertiary/aromatic N) is 5. The number of para-hydroxylation sites is 2. The van der Waals surface area contributed by atoms with Crippen LogP contribution in [0, 0.1) is 0 Å². The first-order chi connectivity index (χ1) is 14.9. The van der Waals surface area contributed by atoms with Gasteiger partial charge in [0.05, 0.1) is 5.69 Å². The average Bonchev–Trinajstić information content (AvgIpc) is 3.29. The highest BCUT2D eigenvalue weighted by atomic mass is 19.4. The lowest BCUT2D eigenvalue weighted by Crippen LogP contribution is -2.50. The van der Waals surface area contributed by atoms with Gasteiger partial charge in [0.15, 0.2) is 5.75 Å². The summed E-state index contributed by atoms with van der Waals surface area (Å²) in [5.74, 6) is 1.01. The molecule has 4 rings (SSSR count). The largest absolute Gasteiger partial charge is 0.573 e. The first kappa shape index (κ1) is 20.5. The topological polar surface area (TPSA) is 75.5 Å². The molecule has 11 heteroatoms. The van der Waals surface area contributed by atoms with Gasteiger partial charge in [-0.05, 0) is 24.3 Å². The SMILES string of the molecule is O=C(Nc1ccccc1OC(F)(F)F)N1CCN(c2cc(-n3cccc3)ncn2)CC1. The van der Waals surface area contributed by atoms with Crippen molar-refractivity contribution in [3.05, 3.63) is 61.2 Å². The van der Waals surface area contributed by atoms with E-state index in [4.69, 9.17) is 0 Å². The highest BCUT2D eigenvalue weighted by Gasteiger charge is 2.32. The van der Waals surface area contributed by atoms with Crippen molar-refractivity contribution in [3.63, 3.8) is 0 Å². The number of anilines is 2. The van der Waals surface area contributed by atoms with Gasteiger partial charge >= 0.3 is 12.4 Å². The van der Waals surface area contributed by atoms with Gasteiger partial charge in [0.1, 0.15) is 18.0 Å². The second-order valence-corrected chi connectivity index (χ2v) is 6.77. The molecule has 1 saturated heterocycles. The van der Waals surface area contributed by atoms with Crippen LogP contribution in [0.2, 0.25) is 0 Å². The van der Waals surface area contributed by atoms with Gasteiger partial charge in [-0.3, -0.25) is 0 Å². The molecule has 0 spiro atoms. The Morgan fingerprint density at radius 2 is 1.65 bits per heavy atom. The molecule has 8 nitrogen and oxygen atoms in total. The van der Waals surface area contributed by atoms with Crippen LogP contribution >= 0.6 is 0 Å². The Bertz CT molecular complexity index is 1030. The molecule has 1 N–H and O–H groups in total. The van der Waals surface area contributed by atoms with Crippen LogP contribution in [0.15, 0.2) is 61.2 Å². The standard InChI is InChI=1S/C20H19F3N6O2/c21-20(22,23)31-16-6-2-1-5-15(16)26-19(30)29-11-9-28(10-12-29)18-13-17(24-14-25-18)27-7-3-4-8-27/h1-8,13-14H,9-12H2,(H,26,30). The van der Waals surface area contributed by atoms with E-state index in [0.29, 0.717) is 26.2 Å². The lowest BCUT2D eigenvalue weighted by Gasteiger charge is -2.35. The van der Waals surface area contributed by atoms with E-state index < -0.39 is 18.1 Å². The molecule has 1 fully saturated rings. The molecule has 0 bridgehead atoms. The number of aromatic nitrogens is 3. The second kappa shape index (κ2) is 8.54. The number of halogens is 3. The number of alkyl halides is 3. The van der Waals surface area contributed by atoms with Gasteiger partial charge in [-0.15, -0.1) is 13.2 Å². The summed E-state index contributed by atoms with van der Waals surface area (Å²) in [5.41, 5.74) is -0.0422. The zero-order chi connectivity index (χ0) is 21.8. The van der Waals surface area contributed by atoms with Crippen molar-refractivity contribution < 1.29 is 22.7 Å². The van der Waals surface area contributed by atoms with E-state index in [1.165, 1.54) is 29.4 Å². The highest BCUT2D eigenvalue weighted by Crippen LogP contribution is 2.30. The fraction of sp³-hybridized carbons (Fsp3) is 0.250. The maximum atomic E-state index is 12.6. The number of hydrogen-bond acceptors (Lipinski definition) is 5. The quantitative estimate of drug-likeness (QED) is 0.683. The summed E-state index contributed by atoms with van der Waals surface area (Å²) >= 11 is 0. The fourth-order valence-electron chi connectivity index (χ4n) is 3.26. The molecular weight excluding hydrogens is 413 g/mol. The van der Waals surface area contributed by atoms with E-state index in [9.17, 15) is 18.0 Å². The maximum Gasteiger partial charge on any atom is 0.573 e. The second-order valence-electron chi connectivity index (χ2n) is 6.77. The van der Waals surface area contributed by atoms with Gasteiger partial charge in [-0.25, -0.2) is 14.8 Å². The van der Waals surface area contributed by atoms with Gasteiger partial charge in [0.2, 0.25) is 0 Å². The number of benzene rings is 1. The molecule has 31 heavy (non-hydrogen) atoms. The van der Waals surface area contributed by atoms with E-state index in [0.717, 1.165) is 17.7 Å². The summed E-state index contributed by atoms with van der Waals surface area (Å²) in [6, 6.07) is 10.6. The normalized spacial score (nSPS) is 14.4. The third-order valence-electron chi connectivity index (χ3n) is 4.75. The summed E-state index contributed by atoms with van der Waals surface area (Å²) in [7, 11) is 0. The van der Waals surface area contributed by atoms with E-state index in [1.807, 2.05) is 40.1 Å². The molecule has 3 aromatic rings. The van der Waals surface area contributed by atoms with Crippen molar-refractivity contribution >= 4 is 17.5 Å². The summed E-state index contributed by atoms with van der Waals surface area (Å²) in [6.45, 7) is 1.82. The monoisotopic (exact) mass is 432 g/mol. The van der Waals surface area contributed by atoms with E-state index in [-0.39, 0.29) is 5.69 Å². The van der Waals surface area contributed by atoms with E-state index in [2.05, 4.69) is 20.0 Å². The van der Waals surface area contributed by atoms with Crippen LogP contribution in [0.25, 0.3) is 5.82 Å². The maximum absolute atomic E-state index is 12.6. The Balaban J connectivity index is 1.38. The van der Waals surface area contributed by atoms with Crippen LogP contribution in [0.4, 0.5) is 29.5 Å². The molecule has 3 heterocycles. The van der Waals surface area contributed by atoms with Crippen molar-refractivity contribution in [2.24, 2.45) is 0 Å². The molecule has 0 atom stereocenters. The van der Waals surface area contributed by atoms with E-state index in [1.54, 1.807) is 0 Å². The number of nitrogens with one attached hydrogen (secondary N) is 1. The minimum absolute atomic E-state index is 0.0422. The lowest BCUT2D eigenvalue weighted by molar-refractivity contribution is -0.274. The Morgan fingerprint density at radius 1 is 0.968 bits per heavy atom. The number of urea groups is 1. The Kier molecular flexibility index (Phi) is 5.65. The zero-order valence-electron chi connectivity index (χ0n) is 16.3. The highest BCUT2D eigenvalue weighted by molar-refractivity contribution is 5.91. The van der Waals surface area contributed by atoms with Crippen molar-refractivity contribution in [3.8, 4) is 11.6 Å². The van der Waals surface area contributed by atoms with Crippen LogP contribution in [0.1, 0.15) is 0 Å². The molecule has 2 aromatic heterocycles. The number of amides is 2. The summed E-state index contributed by atoms with van der Waals surface area (Å²) in [4.78, 5) is 24.7. The van der Waals surface area contributed by atoms with Gasteiger partial charge < -0.3 is 24.4 Å². The van der Waals surface area contributed by atoms with Crippen LogP contribution in [0.5, 0.6) is 5.75 Å². The predicted molar refractivity (Wildman–Crippen MR) is 107 cm³/mol. The zero-order valence-corrected chi connectivity index (χ0v) is 16.3. The first-order valence-corrected chi connectivity index (χ1v) is 9.50. The number of carbonyl (C=O) groups is 1. The van der Waals surface area contributed by atoms with Crippen molar-refractivity contribution in [2.75, 3.05) is 36.4 Å². The number of ether oxygens (including phenoxy) is 1. The molecule has 0 saturated carbocycles. The Hall–Kier alpha value is -3.76. The number of hydrogen-bond donors (Lipinski definition) is 1. The van der Waals surface area contributed by atoms with Gasteiger partial charge in [0.25, 0.3) is 0 Å². The van der Waals surface area contributed by atoms with Crippen molar-refractivity contribution in [1.29, 1.82) is 0 Å². The number of piperazine rings is 1. The number of carbonyl (C=O) groups excluding carboxylic acids is 1. The third kappa shape index (κ3) is 5.05. The minimum Gasteiger partial charge on any atom is -0.404 e. The van der Waals surface area contributed by atoms with Crippen molar-refractivity contribution in [1.82, 2.24) is 19.4 Å². The summed E-state index contributed by atoms with van der Waals surface area (Å²) in [6.07, 6.45) is 0.411. The molecule has 2 amide bonds. The third-order valence-corrected chi connectivity index (χ3v) is 4.75. The molecule has 0 aliphatic carbocycles. The smallest absolute Gasteiger partial charge is 0.404 e. The Morgan fingerprint density at radius 3 is 2.35 bits per heavy atom. The van der Waals surface area contributed by atoms with Crippen LogP contribution in [-0.2, 0) is 0 Å². The van der Waals surface area contributed by atoms with Gasteiger partial charge in [-0.1, -0.05) is 12.1 Å². The number of rotatable bonds is 4. The minimum atomic E-state index is -4.84. The lowest BCUT2D eigenvalue weighted by atomic mass is 10.3. The summed E-state index contributed by atoms with van der Waals surface area (Å²) in [5, 5.41) is 2.50.